The number of rotatable bonds is 5. The van der Waals surface area contributed by atoms with Crippen LogP contribution in [0.5, 0.6) is 0 Å². The van der Waals surface area contributed by atoms with Crippen LogP contribution in [0.4, 0.5) is 0 Å². The van der Waals surface area contributed by atoms with E-state index in [-0.39, 0.29) is 5.92 Å². The van der Waals surface area contributed by atoms with Crippen molar-refractivity contribution in [2.75, 3.05) is 0 Å². The molecule has 1 unspecified atom stereocenters. The number of allylic oxidation sites excluding steroid dienone is 1. The van der Waals surface area contributed by atoms with Crippen molar-refractivity contribution in [3.63, 3.8) is 0 Å². The van der Waals surface area contributed by atoms with Crippen molar-refractivity contribution in [1.29, 1.82) is 0 Å². The summed E-state index contributed by atoms with van der Waals surface area (Å²) in [4.78, 5) is 11.9. The first-order chi connectivity index (χ1) is 39.1. The Balaban J connectivity index is 0.984. The molecule has 0 N–H and O–H groups in total. The van der Waals surface area contributed by atoms with Gasteiger partial charge in [0, 0.05) is 75.2 Å². The Morgan fingerprint density at radius 1 is 0.430 bits per heavy atom. The summed E-state index contributed by atoms with van der Waals surface area (Å²) in [6.07, 6.45) is 3.10. The van der Waals surface area contributed by atoms with Gasteiger partial charge in [-0.15, -0.1) is 11.3 Å². The minimum absolute atomic E-state index is 0.00708. The Morgan fingerprint density at radius 2 is 1.09 bits per heavy atom. The van der Waals surface area contributed by atoms with Gasteiger partial charge in [0.2, 0.25) is 0 Å². The van der Waals surface area contributed by atoms with E-state index in [4.69, 9.17) is 14.4 Å². The first-order valence-corrected chi connectivity index (χ1v) is 28.0. The molecule has 0 bridgehead atoms. The molecule has 17 rings (SSSR count). The zero-order valence-corrected chi connectivity index (χ0v) is 43.8. The normalized spacial score (nSPS) is 15.1. The van der Waals surface area contributed by atoms with Gasteiger partial charge in [0.15, 0.2) is 5.84 Å². The molecule has 370 valence electrons. The number of nitrogens with zero attached hydrogens (tertiary/aromatic N) is 4. The van der Waals surface area contributed by atoms with Crippen LogP contribution in [0.25, 0.3) is 135 Å². The number of aliphatic imine (C=N–C) groups is 2. The van der Waals surface area contributed by atoms with E-state index in [0.717, 1.165) is 88.7 Å². The van der Waals surface area contributed by atoms with Crippen LogP contribution >= 0.6 is 11.3 Å². The van der Waals surface area contributed by atoms with Gasteiger partial charge in [0.25, 0.3) is 0 Å². The molecule has 1 aliphatic rings. The zero-order valence-electron chi connectivity index (χ0n) is 43.0. The number of furan rings is 1. The van der Waals surface area contributed by atoms with Crippen LogP contribution < -0.4 is 0 Å². The number of aromatic nitrogens is 2. The predicted octanol–water partition coefficient (Wildman–Crippen LogP) is 19.9. The Bertz CT molecular complexity index is 5370. The molecule has 0 saturated heterocycles. The molecule has 16 aromatic rings. The van der Waals surface area contributed by atoms with Crippen molar-refractivity contribution in [1.82, 2.24) is 9.13 Å². The highest BCUT2D eigenvalue weighted by molar-refractivity contribution is 7.25. The number of hydrogen-bond acceptors (Lipinski definition) is 4. The molecule has 4 aromatic heterocycles. The summed E-state index contributed by atoms with van der Waals surface area (Å²) in [5.74, 6) is 0.679. The Kier molecular flexibility index (Phi) is 9.56. The van der Waals surface area contributed by atoms with Crippen LogP contribution in [0.3, 0.4) is 0 Å². The number of benzene rings is 12. The number of para-hydroxylation sites is 3. The van der Waals surface area contributed by atoms with Crippen LogP contribution in [-0.4, -0.2) is 20.7 Å². The van der Waals surface area contributed by atoms with Gasteiger partial charge < -0.3 is 13.6 Å². The molecule has 0 saturated carbocycles. The smallest absolute Gasteiger partial charge is 0.160 e. The molecule has 0 amide bonds. The fourth-order valence-corrected chi connectivity index (χ4v) is 14.3. The molecule has 5 nitrogen and oxygen atoms in total. The maximum atomic E-state index is 7.09. The molecule has 6 heteroatoms. The fourth-order valence-electron chi connectivity index (χ4n) is 13.1. The summed E-state index contributed by atoms with van der Waals surface area (Å²) in [6, 6.07) is 86.1. The van der Waals surface area contributed by atoms with Gasteiger partial charge in [0.05, 0.1) is 44.5 Å². The second kappa shape index (κ2) is 17.1. The van der Waals surface area contributed by atoms with Crippen molar-refractivity contribution in [2.24, 2.45) is 15.9 Å². The number of thiophene rings is 1. The molecule has 5 heterocycles. The van der Waals surface area contributed by atoms with Crippen molar-refractivity contribution in [2.45, 2.75) is 13.3 Å². The summed E-state index contributed by atoms with van der Waals surface area (Å²) in [6.45, 7) is 2.33. The molecule has 79 heavy (non-hydrogen) atoms. The van der Waals surface area contributed by atoms with E-state index in [1.807, 2.05) is 11.3 Å². The molecule has 0 radical (unpaired) electrons. The minimum Gasteiger partial charge on any atom is -0.455 e. The lowest BCUT2D eigenvalue weighted by Crippen LogP contribution is -2.17. The van der Waals surface area contributed by atoms with Crippen LogP contribution in [0.2, 0.25) is 0 Å². The molecule has 1 aliphatic heterocycles. The fraction of sp³-hybridized carbons (Fsp3) is 0.0411. The van der Waals surface area contributed by atoms with Gasteiger partial charge in [-0.2, -0.15) is 0 Å². The average molecular weight is 1030 g/mol. The highest BCUT2D eigenvalue weighted by Gasteiger charge is 2.29. The van der Waals surface area contributed by atoms with Gasteiger partial charge in [0.1, 0.15) is 11.2 Å². The van der Waals surface area contributed by atoms with Crippen molar-refractivity contribution in [3.8, 4) is 11.4 Å². The van der Waals surface area contributed by atoms with Crippen molar-refractivity contribution < 1.29 is 4.42 Å². The van der Waals surface area contributed by atoms with Crippen molar-refractivity contribution >= 4 is 147 Å². The topological polar surface area (TPSA) is 47.7 Å². The van der Waals surface area contributed by atoms with E-state index < -0.39 is 0 Å². The lowest BCUT2D eigenvalue weighted by molar-refractivity contribution is 0.672. The Morgan fingerprint density at radius 3 is 1.95 bits per heavy atom. The maximum absolute atomic E-state index is 7.09. The van der Waals surface area contributed by atoms with E-state index in [9.17, 15) is 0 Å². The highest BCUT2D eigenvalue weighted by atomic mass is 32.1. The van der Waals surface area contributed by atoms with Crippen molar-refractivity contribution in [3.05, 3.63) is 259 Å². The number of fused-ring (bicyclic) bond motifs is 17. The number of amidine groups is 1. The Labute approximate surface area is 457 Å². The lowest BCUT2D eigenvalue weighted by atomic mass is 9.90. The third-order valence-electron chi connectivity index (χ3n) is 16.7. The third-order valence-corrected chi connectivity index (χ3v) is 17.8. The predicted molar refractivity (Wildman–Crippen MR) is 336 cm³/mol. The summed E-state index contributed by atoms with van der Waals surface area (Å²) in [5, 5.41) is 16.3. The summed E-state index contributed by atoms with van der Waals surface area (Å²) in [7, 11) is 0. The van der Waals surface area contributed by atoms with Gasteiger partial charge in [-0.1, -0.05) is 183 Å². The SMILES string of the molecule is CC1C/C=C(\c2c(-n3c4cc5ccccc5cc4c4c5ccccc5ccc43)c3c4ccccc4oc3c3ccccc23)N=C(c2ccc3c(c2)sc2ccccc23)N=C1c1ccc2c(c1)c1ccccc1n2-c1ccccc1. The van der Waals surface area contributed by atoms with Crippen LogP contribution in [0.15, 0.2) is 257 Å². The maximum Gasteiger partial charge on any atom is 0.160 e. The summed E-state index contributed by atoms with van der Waals surface area (Å²) in [5.41, 5.74) is 13.4. The van der Waals surface area contributed by atoms with E-state index in [2.05, 4.69) is 259 Å². The molecular weight excluding hydrogens is 981 g/mol. The summed E-state index contributed by atoms with van der Waals surface area (Å²) >= 11 is 1.82. The molecular formula is C73H46N4OS. The second-order valence-electron chi connectivity index (χ2n) is 21.2. The van der Waals surface area contributed by atoms with E-state index in [1.54, 1.807) is 0 Å². The largest absolute Gasteiger partial charge is 0.455 e. The van der Waals surface area contributed by atoms with Crippen LogP contribution in [-0.2, 0) is 0 Å². The van der Waals surface area contributed by atoms with Crippen LogP contribution in [0, 0.1) is 5.92 Å². The minimum atomic E-state index is 0.00708. The van der Waals surface area contributed by atoms with Gasteiger partial charge in [-0.3, -0.25) is 0 Å². The van der Waals surface area contributed by atoms with E-state index in [1.165, 1.54) is 68.8 Å². The van der Waals surface area contributed by atoms with Gasteiger partial charge in [-0.05, 0) is 106 Å². The van der Waals surface area contributed by atoms with Crippen LogP contribution in [0.1, 0.15) is 30.0 Å². The summed E-state index contributed by atoms with van der Waals surface area (Å²) < 4.78 is 14.5. The highest BCUT2D eigenvalue weighted by Crippen LogP contribution is 2.49. The number of hydrogen-bond donors (Lipinski definition) is 0. The zero-order chi connectivity index (χ0) is 51.9. The monoisotopic (exact) mass is 1030 g/mol. The molecule has 1 atom stereocenters. The van der Waals surface area contributed by atoms with Gasteiger partial charge >= 0.3 is 0 Å². The van der Waals surface area contributed by atoms with E-state index in [0.29, 0.717) is 12.3 Å². The molecule has 0 fully saturated rings. The van der Waals surface area contributed by atoms with E-state index >= 15 is 0 Å². The lowest BCUT2D eigenvalue weighted by Gasteiger charge is -2.22. The standard InChI is InChI=1S/C73H46N4OS/c1-43-31-36-59(74-73(48-32-35-53-52-24-13-16-30-65(52)79-66(53)42-48)75-70(43)47-34-37-61-57(40-47)51-23-11-14-28-60(51)76(61)49-20-3-2-4-21-49)68-54-25-9-10-26-55(54)72-69(56-27-12-15-29-64(56)78-72)71(68)77-62-38-33-44-17-7-8-22-50(44)67(62)58-39-45-18-5-6-19-46(45)41-63(58)77/h2-30,32-43H,31H2,1H3/b59-36+,74-73?,75-70?. The van der Waals surface area contributed by atoms with Gasteiger partial charge in [-0.25, -0.2) is 9.98 Å². The molecule has 0 aliphatic carbocycles. The second-order valence-corrected chi connectivity index (χ2v) is 22.3. The third kappa shape index (κ3) is 6.62. The first-order valence-electron chi connectivity index (χ1n) is 27.2. The Hall–Kier alpha value is -9.88. The first kappa shape index (κ1) is 44.3. The quantitative estimate of drug-likeness (QED) is 0.169. The molecule has 12 aromatic carbocycles. The average Bonchev–Trinajstić information content (AvgIpc) is 3.77. The molecule has 0 spiro atoms.